The molecule has 1 aliphatic carbocycles. The van der Waals surface area contributed by atoms with Gasteiger partial charge in [0, 0.05) is 12.0 Å². The zero-order valence-electron chi connectivity index (χ0n) is 10.5. The molecule has 17 heavy (non-hydrogen) atoms. The minimum Gasteiger partial charge on any atom is -0.497 e. The van der Waals surface area contributed by atoms with Crippen LogP contribution in [0, 0.1) is 11.8 Å². The Kier molecular flexibility index (Phi) is 3.36. The molecule has 0 saturated heterocycles. The van der Waals surface area contributed by atoms with E-state index in [1.165, 1.54) is 12.8 Å². The maximum atomic E-state index is 12.3. The molecule has 0 aliphatic heterocycles. The Labute approximate surface area is 102 Å². The van der Waals surface area contributed by atoms with E-state index in [2.05, 4.69) is 0 Å². The fourth-order valence-corrected chi connectivity index (χ4v) is 2.06. The molecule has 0 aromatic heterocycles. The lowest BCUT2D eigenvalue weighted by Gasteiger charge is -2.13. The molecule has 0 heterocycles. The van der Waals surface area contributed by atoms with Gasteiger partial charge in [0.25, 0.3) is 0 Å². The van der Waals surface area contributed by atoms with Gasteiger partial charge >= 0.3 is 0 Å². The number of hydrogen-bond acceptors (Lipinski definition) is 3. The fraction of sp³-hybridized carbons (Fsp3) is 0.500. The van der Waals surface area contributed by atoms with Crippen molar-refractivity contribution in [3.8, 4) is 11.5 Å². The maximum absolute atomic E-state index is 12.3. The second-order valence-corrected chi connectivity index (χ2v) is 4.56. The Morgan fingerprint density at radius 2 is 2.00 bits per heavy atom. The topological polar surface area (TPSA) is 35.5 Å². The van der Waals surface area contributed by atoms with E-state index in [9.17, 15) is 4.79 Å². The minimum absolute atomic E-state index is 0.0947. The van der Waals surface area contributed by atoms with Crippen LogP contribution in [0.5, 0.6) is 11.5 Å². The smallest absolute Gasteiger partial charge is 0.169 e. The SMILES string of the molecule is COc1ccc(C(=O)C(C)C2CC2)c(OC)c1. The highest BCUT2D eigenvalue weighted by atomic mass is 16.5. The summed E-state index contributed by atoms with van der Waals surface area (Å²) in [6.07, 6.45) is 2.34. The molecule has 0 amide bonds. The molecule has 1 unspecified atom stereocenters. The van der Waals surface area contributed by atoms with E-state index in [-0.39, 0.29) is 11.7 Å². The van der Waals surface area contributed by atoms with Crippen molar-refractivity contribution in [3.05, 3.63) is 23.8 Å². The van der Waals surface area contributed by atoms with Gasteiger partial charge in [0.15, 0.2) is 5.78 Å². The molecular formula is C14H18O3. The summed E-state index contributed by atoms with van der Waals surface area (Å²) >= 11 is 0. The zero-order valence-corrected chi connectivity index (χ0v) is 10.5. The molecule has 1 aromatic carbocycles. The van der Waals surface area contributed by atoms with Gasteiger partial charge in [0.2, 0.25) is 0 Å². The zero-order chi connectivity index (χ0) is 12.4. The summed E-state index contributed by atoms with van der Waals surface area (Å²) in [6, 6.07) is 5.35. The van der Waals surface area contributed by atoms with Crippen LogP contribution in [-0.4, -0.2) is 20.0 Å². The molecule has 1 atom stereocenters. The summed E-state index contributed by atoms with van der Waals surface area (Å²) < 4.78 is 10.4. The van der Waals surface area contributed by atoms with Crippen LogP contribution in [0.15, 0.2) is 18.2 Å². The number of carbonyl (C=O) groups is 1. The van der Waals surface area contributed by atoms with Crippen LogP contribution in [0.2, 0.25) is 0 Å². The highest BCUT2D eigenvalue weighted by Crippen LogP contribution is 2.39. The van der Waals surface area contributed by atoms with Gasteiger partial charge in [-0.15, -0.1) is 0 Å². The molecular weight excluding hydrogens is 216 g/mol. The van der Waals surface area contributed by atoms with Crippen LogP contribution < -0.4 is 9.47 Å². The van der Waals surface area contributed by atoms with Crippen molar-refractivity contribution >= 4 is 5.78 Å². The summed E-state index contributed by atoms with van der Waals surface area (Å²) in [5, 5.41) is 0. The average Bonchev–Trinajstić information content (AvgIpc) is 3.20. The molecule has 1 aromatic rings. The number of benzene rings is 1. The van der Waals surface area contributed by atoms with Crippen LogP contribution in [0.4, 0.5) is 0 Å². The minimum atomic E-state index is 0.0947. The highest BCUT2D eigenvalue weighted by Gasteiger charge is 2.34. The highest BCUT2D eigenvalue weighted by molar-refractivity contribution is 6.00. The monoisotopic (exact) mass is 234 g/mol. The standard InChI is InChI=1S/C14H18O3/c1-9(10-4-5-10)14(15)12-7-6-11(16-2)8-13(12)17-3/h6-10H,4-5H2,1-3H3. The quantitative estimate of drug-likeness (QED) is 0.735. The first-order valence-electron chi connectivity index (χ1n) is 5.93. The molecule has 1 saturated carbocycles. The Balaban J connectivity index is 2.27. The van der Waals surface area contributed by atoms with E-state index < -0.39 is 0 Å². The van der Waals surface area contributed by atoms with E-state index in [1.54, 1.807) is 32.4 Å². The predicted octanol–water partition coefficient (Wildman–Crippen LogP) is 2.93. The van der Waals surface area contributed by atoms with Gasteiger partial charge in [0.05, 0.1) is 19.8 Å². The van der Waals surface area contributed by atoms with Gasteiger partial charge in [-0.2, -0.15) is 0 Å². The summed E-state index contributed by atoms with van der Waals surface area (Å²) in [7, 11) is 3.18. The van der Waals surface area contributed by atoms with Crippen molar-refractivity contribution in [2.24, 2.45) is 11.8 Å². The van der Waals surface area contributed by atoms with E-state index in [0.717, 1.165) is 0 Å². The van der Waals surface area contributed by atoms with Crippen LogP contribution in [0.1, 0.15) is 30.1 Å². The second-order valence-electron chi connectivity index (χ2n) is 4.56. The Hall–Kier alpha value is -1.51. The third-order valence-corrected chi connectivity index (χ3v) is 3.42. The van der Waals surface area contributed by atoms with Gasteiger partial charge in [-0.25, -0.2) is 0 Å². The van der Waals surface area contributed by atoms with Gasteiger partial charge < -0.3 is 9.47 Å². The van der Waals surface area contributed by atoms with E-state index in [0.29, 0.717) is 23.0 Å². The van der Waals surface area contributed by atoms with E-state index in [4.69, 9.17) is 9.47 Å². The lowest BCUT2D eigenvalue weighted by atomic mass is 9.94. The third kappa shape index (κ3) is 2.43. The summed E-state index contributed by atoms with van der Waals surface area (Å²) in [5.41, 5.74) is 0.660. The molecule has 1 aliphatic rings. The van der Waals surface area contributed by atoms with Crippen molar-refractivity contribution in [2.45, 2.75) is 19.8 Å². The van der Waals surface area contributed by atoms with Crippen LogP contribution in [0.3, 0.4) is 0 Å². The van der Waals surface area contributed by atoms with Crippen molar-refractivity contribution in [1.29, 1.82) is 0 Å². The van der Waals surface area contributed by atoms with Gasteiger partial charge in [0.1, 0.15) is 11.5 Å². The summed E-state index contributed by atoms with van der Waals surface area (Å²) in [5.74, 6) is 2.14. The average molecular weight is 234 g/mol. The molecule has 1 fully saturated rings. The Morgan fingerprint density at radius 1 is 1.29 bits per heavy atom. The normalized spacial score (nSPS) is 16.4. The molecule has 3 heteroatoms. The first-order chi connectivity index (χ1) is 8.17. The first-order valence-corrected chi connectivity index (χ1v) is 5.93. The van der Waals surface area contributed by atoms with E-state index >= 15 is 0 Å². The van der Waals surface area contributed by atoms with Gasteiger partial charge in [-0.1, -0.05) is 6.92 Å². The van der Waals surface area contributed by atoms with Crippen molar-refractivity contribution < 1.29 is 14.3 Å². The molecule has 2 rings (SSSR count). The molecule has 0 bridgehead atoms. The number of hydrogen-bond donors (Lipinski definition) is 0. The van der Waals surface area contributed by atoms with Crippen molar-refractivity contribution in [2.75, 3.05) is 14.2 Å². The molecule has 3 nitrogen and oxygen atoms in total. The van der Waals surface area contributed by atoms with Crippen molar-refractivity contribution in [3.63, 3.8) is 0 Å². The number of carbonyl (C=O) groups excluding carboxylic acids is 1. The largest absolute Gasteiger partial charge is 0.497 e. The van der Waals surface area contributed by atoms with Crippen molar-refractivity contribution in [1.82, 2.24) is 0 Å². The van der Waals surface area contributed by atoms with Crippen LogP contribution in [-0.2, 0) is 0 Å². The van der Waals surface area contributed by atoms with Crippen LogP contribution >= 0.6 is 0 Å². The van der Waals surface area contributed by atoms with Gasteiger partial charge in [-0.3, -0.25) is 4.79 Å². The number of ketones is 1. The molecule has 0 N–H and O–H groups in total. The summed E-state index contributed by atoms with van der Waals surface area (Å²) in [6.45, 7) is 2.00. The first kappa shape index (κ1) is 12.0. The number of rotatable bonds is 5. The Bertz CT molecular complexity index is 421. The predicted molar refractivity (Wildman–Crippen MR) is 65.8 cm³/mol. The lowest BCUT2D eigenvalue weighted by molar-refractivity contribution is 0.0913. The lowest BCUT2D eigenvalue weighted by Crippen LogP contribution is -2.14. The number of Topliss-reactive ketones (excluding diaryl/α,β-unsaturated/α-hetero) is 1. The third-order valence-electron chi connectivity index (χ3n) is 3.42. The maximum Gasteiger partial charge on any atom is 0.169 e. The molecule has 92 valence electrons. The molecule has 0 radical (unpaired) electrons. The molecule has 0 spiro atoms. The van der Waals surface area contributed by atoms with Crippen LogP contribution in [0.25, 0.3) is 0 Å². The fourth-order valence-electron chi connectivity index (χ4n) is 2.06. The summed E-state index contributed by atoms with van der Waals surface area (Å²) in [4.78, 5) is 12.3. The second kappa shape index (κ2) is 4.78. The van der Waals surface area contributed by atoms with E-state index in [1.807, 2.05) is 6.92 Å². The number of ether oxygens (including phenoxy) is 2. The van der Waals surface area contributed by atoms with Gasteiger partial charge in [-0.05, 0) is 30.9 Å². The Morgan fingerprint density at radius 3 is 2.53 bits per heavy atom. The number of methoxy groups -OCH3 is 2.